The van der Waals surface area contributed by atoms with Gasteiger partial charge in [-0.2, -0.15) is 0 Å². The van der Waals surface area contributed by atoms with Gasteiger partial charge in [0.05, 0.1) is 12.2 Å². The Kier molecular flexibility index (Phi) is 3.97. The third-order valence-electron chi connectivity index (χ3n) is 3.05. The molecule has 0 aliphatic carbocycles. The predicted molar refractivity (Wildman–Crippen MR) is 74.5 cm³/mol. The van der Waals surface area contributed by atoms with Crippen molar-refractivity contribution in [2.24, 2.45) is 5.73 Å². The summed E-state index contributed by atoms with van der Waals surface area (Å²) in [5.41, 5.74) is 7.08. The number of carbonyl (C=O) groups is 2. The third kappa shape index (κ3) is 2.82. The van der Waals surface area contributed by atoms with Gasteiger partial charge in [0.1, 0.15) is 6.54 Å². The largest absolute Gasteiger partial charge is 0.335 e. The van der Waals surface area contributed by atoms with Crippen molar-refractivity contribution >= 4 is 23.6 Å². The van der Waals surface area contributed by atoms with E-state index < -0.39 is 0 Å². The molecule has 0 spiro atoms. The molecule has 0 bridgehead atoms. The first kappa shape index (κ1) is 13.3. The van der Waals surface area contributed by atoms with Crippen LogP contribution in [0.5, 0.6) is 0 Å². The van der Waals surface area contributed by atoms with E-state index in [0.29, 0.717) is 6.54 Å². The molecule has 2 amide bonds. The van der Waals surface area contributed by atoms with E-state index >= 15 is 0 Å². The Morgan fingerprint density at radius 2 is 1.95 bits per heavy atom. The highest BCUT2D eigenvalue weighted by Crippen LogP contribution is 2.23. The number of anilines is 1. The van der Waals surface area contributed by atoms with E-state index in [1.54, 1.807) is 7.05 Å². The Morgan fingerprint density at radius 1 is 1.21 bits per heavy atom. The summed E-state index contributed by atoms with van der Waals surface area (Å²) in [4.78, 5) is 26.8. The SMILES string of the molecule is CN1CC(=O)N(c2ccccc2/C=C/CN)CC1=O. The second-order valence-electron chi connectivity index (χ2n) is 4.43. The molecule has 19 heavy (non-hydrogen) atoms. The molecule has 0 saturated carbocycles. The summed E-state index contributed by atoms with van der Waals surface area (Å²) in [6.07, 6.45) is 3.69. The van der Waals surface area contributed by atoms with Crippen LogP contribution in [0.3, 0.4) is 0 Å². The van der Waals surface area contributed by atoms with Crippen molar-refractivity contribution < 1.29 is 9.59 Å². The Balaban J connectivity index is 2.33. The lowest BCUT2D eigenvalue weighted by Gasteiger charge is -2.32. The molecular formula is C14H17N3O2. The zero-order valence-corrected chi connectivity index (χ0v) is 10.9. The van der Waals surface area contributed by atoms with Gasteiger partial charge in [0, 0.05) is 13.6 Å². The molecule has 1 saturated heterocycles. The van der Waals surface area contributed by atoms with Crippen molar-refractivity contribution in [1.29, 1.82) is 0 Å². The van der Waals surface area contributed by atoms with Gasteiger partial charge in [-0.25, -0.2) is 0 Å². The van der Waals surface area contributed by atoms with E-state index in [2.05, 4.69) is 0 Å². The molecule has 0 unspecified atom stereocenters. The molecule has 1 aliphatic rings. The number of likely N-dealkylation sites (N-methyl/N-ethyl adjacent to an activating group) is 1. The van der Waals surface area contributed by atoms with E-state index in [4.69, 9.17) is 5.73 Å². The van der Waals surface area contributed by atoms with Crippen LogP contribution in [0.1, 0.15) is 5.56 Å². The first-order valence-corrected chi connectivity index (χ1v) is 6.13. The number of hydrogen-bond donors (Lipinski definition) is 1. The highest BCUT2D eigenvalue weighted by molar-refractivity contribution is 6.05. The van der Waals surface area contributed by atoms with Gasteiger partial charge in [0.15, 0.2) is 0 Å². The minimum Gasteiger partial charge on any atom is -0.335 e. The van der Waals surface area contributed by atoms with Crippen molar-refractivity contribution in [3.8, 4) is 0 Å². The Hall–Kier alpha value is -2.14. The van der Waals surface area contributed by atoms with E-state index in [1.165, 1.54) is 9.80 Å². The predicted octanol–water partition coefficient (Wildman–Crippen LogP) is 0.463. The van der Waals surface area contributed by atoms with E-state index in [0.717, 1.165) is 11.3 Å². The molecule has 0 atom stereocenters. The van der Waals surface area contributed by atoms with Crippen LogP contribution in [-0.4, -0.2) is 43.4 Å². The molecule has 0 radical (unpaired) electrons. The van der Waals surface area contributed by atoms with Crippen LogP contribution in [0.4, 0.5) is 5.69 Å². The summed E-state index contributed by atoms with van der Waals surface area (Å²) < 4.78 is 0. The van der Waals surface area contributed by atoms with Crippen molar-refractivity contribution in [2.45, 2.75) is 0 Å². The highest BCUT2D eigenvalue weighted by atomic mass is 16.2. The zero-order chi connectivity index (χ0) is 13.8. The van der Waals surface area contributed by atoms with Gasteiger partial charge in [-0.05, 0) is 11.6 Å². The lowest BCUT2D eigenvalue weighted by molar-refractivity contribution is -0.136. The molecule has 0 aromatic heterocycles. The fourth-order valence-corrected chi connectivity index (χ4v) is 2.01. The van der Waals surface area contributed by atoms with Crippen LogP contribution in [0.15, 0.2) is 30.3 Å². The van der Waals surface area contributed by atoms with Crippen LogP contribution < -0.4 is 10.6 Å². The van der Waals surface area contributed by atoms with E-state index in [-0.39, 0.29) is 24.9 Å². The van der Waals surface area contributed by atoms with E-state index in [9.17, 15) is 9.59 Å². The normalized spacial score (nSPS) is 16.5. The molecule has 1 heterocycles. The van der Waals surface area contributed by atoms with Crippen molar-refractivity contribution in [1.82, 2.24) is 4.90 Å². The first-order valence-electron chi connectivity index (χ1n) is 6.13. The second-order valence-corrected chi connectivity index (χ2v) is 4.43. The maximum atomic E-state index is 12.1. The van der Waals surface area contributed by atoms with Crippen molar-refractivity contribution in [2.75, 3.05) is 31.6 Å². The number of benzene rings is 1. The molecule has 5 heteroatoms. The molecule has 1 aromatic rings. The minimum absolute atomic E-state index is 0.0581. The van der Waals surface area contributed by atoms with Gasteiger partial charge >= 0.3 is 0 Å². The number of carbonyl (C=O) groups excluding carboxylic acids is 2. The average Bonchev–Trinajstić information content (AvgIpc) is 2.41. The summed E-state index contributed by atoms with van der Waals surface area (Å²) in [5, 5.41) is 0. The second kappa shape index (κ2) is 5.67. The lowest BCUT2D eigenvalue weighted by Crippen LogP contribution is -2.52. The zero-order valence-electron chi connectivity index (χ0n) is 10.9. The number of rotatable bonds is 3. The number of amides is 2. The molecule has 1 aliphatic heterocycles. The van der Waals surface area contributed by atoms with Crippen LogP contribution in [0.25, 0.3) is 6.08 Å². The van der Waals surface area contributed by atoms with E-state index in [1.807, 2.05) is 36.4 Å². The first-order chi connectivity index (χ1) is 9.13. The number of nitrogens with two attached hydrogens (primary N) is 1. The Labute approximate surface area is 112 Å². The summed E-state index contributed by atoms with van der Waals surface area (Å²) in [7, 11) is 1.64. The molecule has 5 nitrogen and oxygen atoms in total. The average molecular weight is 259 g/mol. The minimum atomic E-state index is -0.0734. The number of para-hydroxylation sites is 1. The molecule has 1 fully saturated rings. The van der Waals surface area contributed by atoms with Crippen molar-refractivity contribution in [3.63, 3.8) is 0 Å². The molecule has 1 aromatic carbocycles. The van der Waals surface area contributed by atoms with Gasteiger partial charge < -0.3 is 15.5 Å². The standard InChI is InChI=1S/C14H17N3O2/c1-16-9-14(19)17(10-13(16)18)12-7-3-2-5-11(12)6-4-8-15/h2-7H,8-10,15H2,1H3/b6-4+. The molecule has 2 rings (SSSR count). The smallest absolute Gasteiger partial charge is 0.247 e. The highest BCUT2D eigenvalue weighted by Gasteiger charge is 2.29. The van der Waals surface area contributed by atoms with Gasteiger partial charge in [-0.15, -0.1) is 0 Å². The fraction of sp³-hybridized carbons (Fsp3) is 0.286. The van der Waals surface area contributed by atoms with Crippen LogP contribution in [0, 0.1) is 0 Å². The van der Waals surface area contributed by atoms with Crippen LogP contribution in [0.2, 0.25) is 0 Å². The molecule has 100 valence electrons. The van der Waals surface area contributed by atoms with Gasteiger partial charge in [-0.3, -0.25) is 9.59 Å². The number of piperazine rings is 1. The maximum absolute atomic E-state index is 12.1. The summed E-state index contributed by atoms with van der Waals surface area (Å²) in [6.45, 7) is 0.639. The number of nitrogens with zero attached hydrogens (tertiary/aromatic N) is 2. The fourth-order valence-electron chi connectivity index (χ4n) is 2.01. The molecule has 2 N–H and O–H groups in total. The Bertz CT molecular complexity index is 525. The van der Waals surface area contributed by atoms with Crippen LogP contribution in [-0.2, 0) is 9.59 Å². The van der Waals surface area contributed by atoms with Gasteiger partial charge in [0.25, 0.3) is 0 Å². The monoisotopic (exact) mass is 259 g/mol. The topological polar surface area (TPSA) is 66.6 Å². The number of hydrogen-bond acceptors (Lipinski definition) is 3. The third-order valence-corrected chi connectivity index (χ3v) is 3.05. The maximum Gasteiger partial charge on any atom is 0.247 e. The lowest BCUT2D eigenvalue weighted by atomic mass is 10.1. The Morgan fingerprint density at radius 3 is 2.68 bits per heavy atom. The molecular weight excluding hydrogens is 242 g/mol. The quantitative estimate of drug-likeness (QED) is 0.857. The van der Waals surface area contributed by atoms with Crippen LogP contribution >= 0.6 is 0 Å². The summed E-state index contributed by atoms with van der Waals surface area (Å²) >= 11 is 0. The van der Waals surface area contributed by atoms with Gasteiger partial charge in [0.2, 0.25) is 11.8 Å². The summed E-state index contributed by atoms with van der Waals surface area (Å²) in [6, 6.07) is 7.48. The van der Waals surface area contributed by atoms with Crippen molar-refractivity contribution in [3.05, 3.63) is 35.9 Å². The van der Waals surface area contributed by atoms with Gasteiger partial charge in [-0.1, -0.05) is 30.4 Å². The summed E-state index contributed by atoms with van der Waals surface area (Å²) in [5.74, 6) is -0.132.